The minimum Gasteiger partial charge on any atom is -0.322 e. The van der Waals surface area contributed by atoms with Crippen molar-refractivity contribution in [2.45, 2.75) is 0 Å². The van der Waals surface area contributed by atoms with E-state index in [-0.39, 0.29) is 11.8 Å². The molecular formula is C30H20N4O2S2. The second-order valence-corrected chi connectivity index (χ2v) is 10.4. The fraction of sp³-hybridized carbons (Fsp3) is 0. The van der Waals surface area contributed by atoms with Gasteiger partial charge in [-0.1, -0.05) is 59.1 Å². The molecule has 0 aliphatic carbocycles. The highest BCUT2D eigenvalue weighted by atomic mass is 32.1. The van der Waals surface area contributed by atoms with Crippen LogP contribution in [-0.4, -0.2) is 21.8 Å². The second-order valence-electron chi connectivity index (χ2n) is 8.44. The molecule has 8 heteroatoms. The number of amides is 2. The van der Waals surface area contributed by atoms with E-state index in [4.69, 9.17) is 9.97 Å². The van der Waals surface area contributed by atoms with Gasteiger partial charge in [0.2, 0.25) is 0 Å². The van der Waals surface area contributed by atoms with Gasteiger partial charge in [0.1, 0.15) is 10.0 Å². The Morgan fingerprint density at radius 1 is 0.500 bits per heavy atom. The van der Waals surface area contributed by atoms with Gasteiger partial charge in [-0.25, -0.2) is 9.97 Å². The molecule has 2 heterocycles. The summed E-state index contributed by atoms with van der Waals surface area (Å²) in [4.78, 5) is 36.1. The van der Waals surface area contributed by atoms with Crippen LogP contribution in [0.4, 0.5) is 11.4 Å². The van der Waals surface area contributed by atoms with E-state index in [1.807, 2.05) is 84.9 Å². The van der Waals surface area contributed by atoms with Gasteiger partial charge in [0, 0.05) is 33.6 Å². The maximum absolute atomic E-state index is 12.4. The molecule has 0 aliphatic heterocycles. The molecule has 38 heavy (non-hydrogen) atoms. The molecule has 0 aliphatic rings. The number of carbonyl (C=O) groups excluding carboxylic acids is 2. The maximum atomic E-state index is 12.4. The fourth-order valence-electron chi connectivity index (χ4n) is 3.87. The van der Waals surface area contributed by atoms with Gasteiger partial charge >= 0.3 is 0 Å². The molecule has 2 amide bonds. The van der Waals surface area contributed by atoms with Crippen LogP contribution in [0.1, 0.15) is 20.7 Å². The van der Waals surface area contributed by atoms with Gasteiger partial charge in [0.05, 0.1) is 0 Å². The van der Waals surface area contributed by atoms with E-state index in [1.54, 1.807) is 24.3 Å². The summed E-state index contributed by atoms with van der Waals surface area (Å²) in [7, 11) is 0. The predicted molar refractivity (Wildman–Crippen MR) is 155 cm³/mol. The standard InChI is InChI=1S/C30H20N4O2S2/c35-25(19-7-3-1-4-8-19)31-23-15-11-21(12-16-23)27-33-29-30(37-27)34-28(38-29)22-13-17-24(18-14-22)32-26(36)20-9-5-2-6-10-20/h1-18H,(H,31,35)(H,32,36). The predicted octanol–water partition coefficient (Wildman–Crippen LogP) is 7.59. The van der Waals surface area contributed by atoms with Gasteiger partial charge in [0.25, 0.3) is 11.8 Å². The second kappa shape index (κ2) is 10.4. The third-order valence-electron chi connectivity index (χ3n) is 5.83. The van der Waals surface area contributed by atoms with Crippen LogP contribution in [0.15, 0.2) is 109 Å². The lowest BCUT2D eigenvalue weighted by molar-refractivity contribution is 0.101. The monoisotopic (exact) mass is 532 g/mol. The largest absolute Gasteiger partial charge is 0.322 e. The molecule has 0 unspecified atom stereocenters. The van der Waals surface area contributed by atoms with Crippen molar-refractivity contribution >= 4 is 55.5 Å². The average Bonchev–Trinajstić information content (AvgIpc) is 3.55. The van der Waals surface area contributed by atoms with Crippen LogP contribution in [0.3, 0.4) is 0 Å². The minimum absolute atomic E-state index is 0.142. The lowest BCUT2D eigenvalue weighted by Gasteiger charge is -2.06. The van der Waals surface area contributed by atoms with E-state index in [2.05, 4.69) is 10.6 Å². The van der Waals surface area contributed by atoms with Gasteiger partial charge in [0.15, 0.2) is 9.66 Å². The summed E-state index contributed by atoms with van der Waals surface area (Å²) in [6.45, 7) is 0. The van der Waals surface area contributed by atoms with Crippen molar-refractivity contribution in [1.29, 1.82) is 0 Å². The molecule has 6 nitrogen and oxygen atoms in total. The first-order valence-electron chi connectivity index (χ1n) is 11.8. The van der Waals surface area contributed by atoms with Crippen LogP contribution in [0.25, 0.3) is 30.8 Å². The lowest BCUT2D eigenvalue weighted by Crippen LogP contribution is -2.11. The topological polar surface area (TPSA) is 84.0 Å². The number of nitrogens with one attached hydrogen (secondary N) is 2. The van der Waals surface area contributed by atoms with Gasteiger partial charge in [-0.3, -0.25) is 9.59 Å². The molecule has 2 N–H and O–H groups in total. The van der Waals surface area contributed by atoms with Crippen molar-refractivity contribution in [3.63, 3.8) is 0 Å². The third-order valence-corrected chi connectivity index (χ3v) is 7.95. The van der Waals surface area contributed by atoms with Gasteiger partial charge in [-0.05, 0) is 72.8 Å². The molecule has 0 fully saturated rings. The number of hydrogen-bond acceptors (Lipinski definition) is 6. The zero-order valence-corrected chi connectivity index (χ0v) is 21.6. The van der Waals surface area contributed by atoms with Gasteiger partial charge in [-0.2, -0.15) is 0 Å². The summed E-state index contributed by atoms with van der Waals surface area (Å²) >= 11 is 3.07. The summed E-state index contributed by atoms with van der Waals surface area (Å²) in [5.41, 5.74) is 4.63. The number of hydrogen-bond donors (Lipinski definition) is 2. The molecule has 4 aromatic carbocycles. The number of carbonyl (C=O) groups is 2. The minimum atomic E-state index is -0.142. The Morgan fingerprint density at radius 3 is 1.24 bits per heavy atom. The number of nitrogens with zero attached hydrogens (tertiary/aromatic N) is 2. The Balaban J connectivity index is 1.13. The van der Waals surface area contributed by atoms with Crippen molar-refractivity contribution in [3.05, 3.63) is 120 Å². The van der Waals surface area contributed by atoms with Crippen molar-refractivity contribution in [2.24, 2.45) is 0 Å². The van der Waals surface area contributed by atoms with Crippen LogP contribution in [0.5, 0.6) is 0 Å². The molecule has 0 atom stereocenters. The van der Waals surface area contributed by atoms with Crippen molar-refractivity contribution in [1.82, 2.24) is 9.97 Å². The maximum Gasteiger partial charge on any atom is 0.255 e. The highest BCUT2D eigenvalue weighted by Gasteiger charge is 2.14. The summed E-state index contributed by atoms with van der Waals surface area (Å²) in [5, 5.41) is 7.59. The summed E-state index contributed by atoms with van der Waals surface area (Å²) in [5.74, 6) is -0.284. The Bertz CT molecular complexity index is 1570. The summed E-state index contributed by atoms with van der Waals surface area (Å²) in [6.07, 6.45) is 0. The Labute approximate surface area is 226 Å². The van der Waals surface area contributed by atoms with E-state index in [0.717, 1.165) is 42.2 Å². The van der Waals surface area contributed by atoms with Crippen LogP contribution >= 0.6 is 22.7 Å². The lowest BCUT2D eigenvalue weighted by atomic mass is 10.2. The molecular weight excluding hydrogens is 512 g/mol. The highest BCUT2D eigenvalue weighted by molar-refractivity contribution is 7.29. The molecule has 0 spiro atoms. The molecule has 6 rings (SSSR count). The molecule has 0 saturated heterocycles. The first kappa shape index (κ1) is 23.7. The number of rotatable bonds is 6. The first-order valence-corrected chi connectivity index (χ1v) is 13.5. The number of thiazole rings is 2. The van der Waals surface area contributed by atoms with Crippen molar-refractivity contribution in [2.75, 3.05) is 10.6 Å². The summed E-state index contributed by atoms with van der Waals surface area (Å²) in [6, 6.07) is 33.6. The highest BCUT2D eigenvalue weighted by Crippen LogP contribution is 2.37. The first-order chi connectivity index (χ1) is 18.6. The van der Waals surface area contributed by atoms with Gasteiger partial charge in [-0.15, -0.1) is 0 Å². The molecule has 0 saturated carbocycles. The molecule has 0 bridgehead atoms. The van der Waals surface area contributed by atoms with E-state index >= 15 is 0 Å². The van der Waals surface area contributed by atoms with Crippen LogP contribution in [0.2, 0.25) is 0 Å². The van der Waals surface area contributed by atoms with Crippen LogP contribution < -0.4 is 10.6 Å². The van der Waals surface area contributed by atoms with E-state index in [9.17, 15) is 9.59 Å². The molecule has 184 valence electrons. The fourth-order valence-corrected chi connectivity index (χ4v) is 5.92. The van der Waals surface area contributed by atoms with Crippen molar-refractivity contribution in [3.8, 4) is 21.1 Å². The van der Waals surface area contributed by atoms with E-state index < -0.39 is 0 Å². The Morgan fingerprint density at radius 2 is 0.868 bits per heavy atom. The molecule has 0 radical (unpaired) electrons. The third kappa shape index (κ3) is 5.08. The quantitative estimate of drug-likeness (QED) is 0.231. The van der Waals surface area contributed by atoms with Gasteiger partial charge < -0.3 is 10.6 Å². The smallest absolute Gasteiger partial charge is 0.255 e. The Kier molecular flexibility index (Phi) is 6.47. The van der Waals surface area contributed by atoms with Crippen LogP contribution in [0, 0.1) is 0 Å². The Hall–Kier alpha value is -4.66. The van der Waals surface area contributed by atoms with Crippen LogP contribution in [-0.2, 0) is 0 Å². The normalized spacial score (nSPS) is 10.8. The number of aromatic nitrogens is 2. The zero-order chi connectivity index (χ0) is 25.9. The van der Waals surface area contributed by atoms with E-state index in [1.165, 1.54) is 22.7 Å². The van der Waals surface area contributed by atoms with E-state index in [0.29, 0.717) is 11.1 Å². The average molecular weight is 533 g/mol. The zero-order valence-electron chi connectivity index (χ0n) is 19.9. The number of benzene rings is 4. The molecule has 2 aromatic heterocycles. The SMILES string of the molecule is O=C(Nc1ccc(-c2nc3sc(-c4ccc(NC(=O)c5ccccc5)cc4)nc3s2)cc1)c1ccccc1. The summed E-state index contributed by atoms with van der Waals surface area (Å²) < 4.78 is 0. The number of fused-ring (bicyclic) bond motifs is 1. The number of anilines is 2. The van der Waals surface area contributed by atoms with Crippen molar-refractivity contribution < 1.29 is 9.59 Å². The molecule has 6 aromatic rings.